The Kier molecular flexibility index (Phi) is 2.27. The zero-order valence-corrected chi connectivity index (χ0v) is 9.60. The van der Waals surface area contributed by atoms with Crippen molar-refractivity contribution in [3.8, 4) is 0 Å². The van der Waals surface area contributed by atoms with Gasteiger partial charge in [-0.05, 0) is 38.0 Å². The average Bonchev–Trinajstić information content (AvgIpc) is 2.40. The Hall–Kier alpha value is -1.42. The lowest BCUT2D eigenvalue weighted by molar-refractivity contribution is -0.119. The number of nitrogens with two attached hydrogens (primary N) is 1. The number of carbonyl (C=O) groups is 1. The molecule has 1 aliphatic heterocycles. The molecule has 0 saturated heterocycles. The van der Waals surface area contributed by atoms with Crippen LogP contribution in [-0.4, -0.2) is 5.91 Å². The Morgan fingerprint density at radius 2 is 2.06 bits per heavy atom. The van der Waals surface area contributed by atoms with E-state index in [1.165, 1.54) is 6.07 Å². The highest BCUT2D eigenvalue weighted by Gasteiger charge is 2.40. The first-order valence-corrected chi connectivity index (χ1v) is 5.25. The summed E-state index contributed by atoms with van der Waals surface area (Å²) in [5, 5.41) is 2.57. The van der Waals surface area contributed by atoms with Crippen molar-refractivity contribution in [2.45, 2.75) is 32.2 Å². The molecule has 1 amide bonds. The summed E-state index contributed by atoms with van der Waals surface area (Å²) in [4.78, 5) is 11.7. The number of anilines is 1. The van der Waals surface area contributed by atoms with Crippen LogP contribution in [0.2, 0.25) is 0 Å². The van der Waals surface area contributed by atoms with E-state index in [9.17, 15) is 9.18 Å². The standard InChI is InChI=1S/C12H15FN2O/c1-6(14)7-4-8-10(9(13)5-7)15-11(16)12(8,2)3/h4-6H,14H2,1-3H3,(H,15,16). The summed E-state index contributed by atoms with van der Waals surface area (Å²) in [5.74, 6) is -0.591. The van der Waals surface area contributed by atoms with E-state index in [1.54, 1.807) is 26.8 Å². The predicted molar refractivity (Wildman–Crippen MR) is 60.7 cm³/mol. The van der Waals surface area contributed by atoms with Crippen LogP contribution in [0, 0.1) is 5.82 Å². The minimum absolute atomic E-state index is 0.178. The number of benzene rings is 1. The third-order valence-corrected chi connectivity index (χ3v) is 3.12. The molecule has 86 valence electrons. The molecule has 1 aromatic rings. The molecule has 1 heterocycles. The molecule has 1 unspecified atom stereocenters. The van der Waals surface area contributed by atoms with Crippen LogP contribution in [0.25, 0.3) is 0 Å². The van der Waals surface area contributed by atoms with Gasteiger partial charge < -0.3 is 11.1 Å². The Bertz CT molecular complexity index is 466. The van der Waals surface area contributed by atoms with Gasteiger partial charge in [-0.15, -0.1) is 0 Å². The third kappa shape index (κ3) is 1.41. The molecular weight excluding hydrogens is 207 g/mol. The van der Waals surface area contributed by atoms with Crippen molar-refractivity contribution in [3.05, 3.63) is 29.1 Å². The van der Waals surface area contributed by atoms with Gasteiger partial charge in [0.15, 0.2) is 0 Å². The highest BCUT2D eigenvalue weighted by atomic mass is 19.1. The van der Waals surface area contributed by atoms with Gasteiger partial charge in [-0.1, -0.05) is 6.07 Å². The normalized spacial score (nSPS) is 19.2. The van der Waals surface area contributed by atoms with E-state index in [4.69, 9.17) is 5.73 Å². The van der Waals surface area contributed by atoms with Gasteiger partial charge in [0.25, 0.3) is 0 Å². The third-order valence-electron chi connectivity index (χ3n) is 3.12. The number of carbonyl (C=O) groups excluding carboxylic acids is 1. The van der Waals surface area contributed by atoms with E-state index in [2.05, 4.69) is 5.32 Å². The summed E-state index contributed by atoms with van der Waals surface area (Å²) in [6.07, 6.45) is 0. The van der Waals surface area contributed by atoms with Crippen molar-refractivity contribution in [3.63, 3.8) is 0 Å². The first-order valence-electron chi connectivity index (χ1n) is 5.25. The monoisotopic (exact) mass is 222 g/mol. The molecule has 1 atom stereocenters. The number of rotatable bonds is 1. The highest BCUT2D eigenvalue weighted by molar-refractivity contribution is 6.05. The van der Waals surface area contributed by atoms with Crippen LogP contribution in [0.3, 0.4) is 0 Å². The van der Waals surface area contributed by atoms with Crippen LogP contribution < -0.4 is 11.1 Å². The van der Waals surface area contributed by atoms with Gasteiger partial charge in [-0.25, -0.2) is 4.39 Å². The summed E-state index contributed by atoms with van der Waals surface area (Å²) in [6.45, 7) is 5.34. The molecule has 1 aromatic carbocycles. The molecule has 2 rings (SSSR count). The van der Waals surface area contributed by atoms with Gasteiger partial charge in [0.2, 0.25) is 5.91 Å². The summed E-state index contributed by atoms with van der Waals surface area (Å²) >= 11 is 0. The Morgan fingerprint density at radius 3 is 2.62 bits per heavy atom. The first-order chi connectivity index (χ1) is 7.34. The molecule has 0 aliphatic carbocycles. The maximum atomic E-state index is 13.8. The zero-order chi connectivity index (χ0) is 12.1. The molecular formula is C12H15FN2O. The Morgan fingerprint density at radius 1 is 1.44 bits per heavy atom. The van der Waals surface area contributed by atoms with Crippen molar-refractivity contribution in [2.75, 3.05) is 5.32 Å². The lowest BCUT2D eigenvalue weighted by Gasteiger charge is -2.17. The fourth-order valence-corrected chi connectivity index (χ4v) is 1.90. The number of hydrogen-bond donors (Lipinski definition) is 2. The van der Waals surface area contributed by atoms with Crippen molar-refractivity contribution in [2.24, 2.45) is 5.73 Å². The van der Waals surface area contributed by atoms with E-state index < -0.39 is 11.2 Å². The zero-order valence-electron chi connectivity index (χ0n) is 9.60. The SMILES string of the molecule is CC(N)c1cc(F)c2c(c1)C(C)(C)C(=O)N2. The lowest BCUT2D eigenvalue weighted by atomic mass is 9.85. The second-order valence-corrected chi connectivity index (χ2v) is 4.79. The molecule has 0 fully saturated rings. The molecule has 3 nitrogen and oxygen atoms in total. The van der Waals surface area contributed by atoms with Gasteiger partial charge in [0, 0.05) is 6.04 Å². The van der Waals surface area contributed by atoms with Crippen molar-refractivity contribution in [1.82, 2.24) is 0 Å². The summed E-state index contributed by atoms with van der Waals surface area (Å²) in [6, 6.07) is 2.94. The van der Waals surface area contributed by atoms with Gasteiger partial charge in [-0.2, -0.15) is 0 Å². The van der Waals surface area contributed by atoms with Crippen LogP contribution in [0.4, 0.5) is 10.1 Å². The van der Waals surface area contributed by atoms with Gasteiger partial charge in [-0.3, -0.25) is 4.79 Å². The van der Waals surface area contributed by atoms with Crippen molar-refractivity contribution >= 4 is 11.6 Å². The molecule has 3 N–H and O–H groups in total. The van der Waals surface area contributed by atoms with Gasteiger partial charge in [0.1, 0.15) is 5.82 Å². The first kappa shape index (κ1) is 11.1. The smallest absolute Gasteiger partial charge is 0.234 e. The van der Waals surface area contributed by atoms with E-state index in [1.807, 2.05) is 0 Å². The fourth-order valence-electron chi connectivity index (χ4n) is 1.90. The molecule has 0 aromatic heterocycles. The van der Waals surface area contributed by atoms with E-state index in [-0.39, 0.29) is 11.9 Å². The highest BCUT2D eigenvalue weighted by Crippen LogP contribution is 2.40. The molecule has 4 heteroatoms. The maximum absolute atomic E-state index is 13.8. The summed E-state index contributed by atoms with van der Waals surface area (Å²) in [7, 11) is 0. The topological polar surface area (TPSA) is 55.1 Å². The van der Waals surface area contributed by atoms with Crippen LogP contribution in [0.15, 0.2) is 12.1 Å². The minimum Gasteiger partial charge on any atom is -0.324 e. The van der Waals surface area contributed by atoms with Crippen molar-refractivity contribution in [1.29, 1.82) is 0 Å². The Balaban J connectivity index is 2.65. The number of hydrogen-bond acceptors (Lipinski definition) is 2. The number of halogens is 1. The molecule has 0 saturated carbocycles. The maximum Gasteiger partial charge on any atom is 0.234 e. The van der Waals surface area contributed by atoms with Gasteiger partial charge in [0.05, 0.1) is 11.1 Å². The van der Waals surface area contributed by atoms with E-state index in [0.29, 0.717) is 16.8 Å². The fraction of sp³-hybridized carbons (Fsp3) is 0.417. The molecule has 0 spiro atoms. The van der Waals surface area contributed by atoms with Crippen LogP contribution in [0.1, 0.15) is 37.9 Å². The molecule has 16 heavy (non-hydrogen) atoms. The van der Waals surface area contributed by atoms with Gasteiger partial charge >= 0.3 is 0 Å². The van der Waals surface area contributed by atoms with E-state index >= 15 is 0 Å². The summed E-state index contributed by atoms with van der Waals surface area (Å²) in [5.41, 5.74) is 6.72. The quantitative estimate of drug-likeness (QED) is 0.764. The second-order valence-electron chi connectivity index (χ2n) is 4.79. The van der Waals surface area contributed by atoms with Crippen LogP contribution >= 0.6 is 0 Å². The summed E-state index contributed by atoms with van der Waals surface area (Å²) < 4.78 is 13.8. The number of fused-ring (bicyclic) bond motifs is 1. The predicted octanol–water partition coefficient (Wildman–Crippen LogP) is 2.08. The largest absolute Gasteiger partial charge is 0.324 e. The van der Waals surface area contributed by atoms with Crippen LogP contribution in [-0.2, 0) is 10.2 Å². The number of nitrogens with one attached hydrogen (secondary N) is 1. The molecule has 0 radical (unpaired) electrons. The molecule has 1 aliphatic rings. The van der Waals surface area contributed by atoms with Crippen molar-refractivity contribution < 1.29 is 9.18 Å². The van der Waals surface area contributed by atoms with E-state index in [0.717, 1.165) is 0 Å². The lowest BCUT2D eigenvalue weighted by Crippen LogP contribution is -2.27. The average molecular weight is 222 g/mol. The Labute approximate surface area is 93.8 Å². The van der Waals surface area contributed by atoms with Crippen LogP contribution in [0.5, 0.6) is 0 Å². The molecule has 0 bridgehead atoms. The minimum atomic E-state index is -0.693. The second kappa shape index (κ2) is 3.28. The number of amides is 1.